The zero-order chi connectivity index (χ0) is 33.3. The quantitative estimate of drug-likeness (QED) is 0.187. The van der Waals surface area contributed by atoms with E-state index in [-0.39, 0.29) is 30.3 Å². The number of hydrogen-bond donors (Lipinski definition) is 2. The summed E-state index contributed by atoms with van der Waals surface area (Å²) in [5.41, 5.74) is 3.02. The third-order valence-electron chi connectivity index (χ3n) is 7.60. The van der Waals surface area contributed by atoms with E-state index >= 15 is 0 Å². The van der Waals surface area contributed by atoms with Gasteiger partial charge in [-0.2, -0.15) is 0 Å². The van der Waals surface area contributed by atoms with Crippen molar-refractivity contribution in [3.8, 4) is 28.4 Å². The number of benzene rings is 3. The Balaban J connectivity index is 1.33. The van der Waals surface area contributed by atoms with Crippen molar-refractivity contribution in [1.82, 2.24) is 9.80 Å². The summed E-state index contributed by atoms with van der Waals surface area (Å²) in [5.74, 6) is 0.234. The molecule has 2 saturated heterocycles. The third kappa shape index (κ3) is 8.89. The predicted octanol–water partition coefficient (Wildman–Crippen LogP) is 5.01. The number of hydrogen-bond acceptors (Lipinski definition) is 10. The van der Waals surface area contributed by atoms with Crippen LogP contribution < -0.4 is 19.5 Å². The van der Waals surface area contributed by atoms with Crippen LogP contribution in [0.3, 0.4) is 0 Å². The number of morpholine rings is 1. The average Bonchev–Trinajstić information content (AvgIpc) is 3.35. The lowest BCUT2D eigenvalue weighted by molar-refractivity contribution is -0.122. The molecule has 3 aromatic carbocycles. The molecule has 5 rings (SSSR count). The van der Waals surface area contributed by atoms with Gasteiger partial charge in [-0.05, 0) is 65.7 Å². The van der Waals surface area contributed by atoms with Gasteiger partial charge >= 0.3 is 5.97 Å². The Bertz CT molecular complexity index is 1650. The number of methoxy groups -OCH3 is 2. The summed E-state index contributed by atoms with van der Waals surface area (Å²) >= 11 is 6.70. The first-order valence-corrected chi connectivity index (χ1v) is 16.2. The average molecular weight is 678 g/mol. The second-order valence-electron chi connectivity index (χ2n) is 10.7. The van der Waals surface area contributed by atoms with Gasteiger partial charge in [0.05, 0.1) is 37.9 Å². The number of nitrogens with one attached hydrogen (secondary N) is 1. The van der Waals surface area contributed by atoms with Crippen molar-refractivity contribution in [3.05, 3.63) is 76.7 Å². The highest BCUT2D eigenvalue weighted by molar-refractivity contribution is 8.26. The molecule has 2 heterocycles. The monoisotopic (exact) mass is 677 g/mol. The molecule has 2 fully saturated rings. The van der Waals surface area contributed by atoms with Crippen LogP contribution in [0, 0.1) is 0 Å². The van der Waals surface area contributed by atoms with Gasteiger partial charge in [-0.1, -0.05) is 30.0 Å². The number of aromatic carboxylic acids is 1. The predicted molar refractivity (Wildman–Crippen MR) is 184 cm³/mol. The molecule has 11 nitrogen and oxygen atoms in total. The van der Waals surface area contributed by atoms with E-state index < -0.39 is 5.97 Å². The van der Waals surface area contributed by atoms with Crippen LogP contribution in [0.4, 0.5) is 5.69 Å². The van der Waals surface area contributed by atoms with Crippen molar-refractivity contribution >= 4 is 57.8 Å². The van der Waals surface area contributed by atoms with E-state index in [1.165, 1.54) is 40.9 Å². The van der Waals surface area contributed by atoms with Crippen LogP contribution in [0.1, 0.15) is 22.3 Å². The molecular formula is C34H35N3O8S2. The third-order valence-corrected chi connectivity index (χ3v) is 8.98. The maximum absolute atomic E-state index is 13.5. The molecule has 0 unspecified atom stereocenters. The summed E-state index contributed by atoms with van der Waals surface area (Å²) in [6.45, 7) is 4.40. The lowest BCUT2D eigenvalue weighted by atomic mass is 10.0. The maximum atomic E-state index is 13.5. The molecular weight excluding hydrogens is 643 g/mol. The van der Waals surface area contributed by atoms with Gasteiger partial charge in [0.1, 0.15) is 28.2 Å². The smallest absolute Gasteiger partial charge is 0.335 e. The highest BCUT2D eigenvalue weighted by Crippen LogP contribution is 2.37. The number of carbonyl (C=O) groups is 3. The van der Waals surface area contributed by atoms with Crippen LogP contribution in [0.5, 0.6) is 17.2 Å². The highest BCUT2D eigenvalue weighted by atomic mass is 32.2. The molecule has 47 heavy (non-hydrogen) atoms. The summed E-state index contributed by atoms with van der Waals surface area (Å²) < 4.78 is 23.0. The summed E-state index contributed by atoms with van der Waals surface area (Å²) in [6.07, 6.45) is 1.78. The van der Waals surface area contributed by atoms with E-state index in [2.05, 4.69) is 10.2 Å². The van der Waals surface area contributed by atoms with E-state index in [4.69, 9.17) is 36.3 Å². The topological polar surface area (TPSA) is 127 Å². The Kier molecular flexibility index (Phi) is 11.5. The molecule has 246 valence electrons. The number of anilines is 1. The Morgan fingerprint density at radius 1 is 0.979 bits per heavy atom. The SMILES string of the molecule is COc1cc(OC)cc(-c2ccc(OCCN3CCOCC3)c(C=C3SC(=S)N(CCC(=O)Nc4ccc(C(=O)O)cc4)C3=O)c2)c1. The van der Waals surface area contributed by atoms with Crippen molar-refractivity contribution in [3.63, 3.8) is 0 Å². The van der Waals surface area contributed by atoms with Gasteiger partial charge in [0.25, 0.3) is 5.91 Å². The standard InChI is InChI=1S/C34H35N3O8S2/c1-42-27-18-24(19-28(21-27)43-2)23-5-8-29(45-16-13-36-11-14-44-15-12-36)25(17-23)20-30-32(39)37(34(46)47-30)10-9-31(38)35-26-6-3-22(4-7-26)33(40)41/h3-8,17-21H,9-16H2,1-2H3,(H,35,38)(H,40,41). The second-order valence-corrected chi connectivity index (χ2v) is 12.3. The number of carboxylic acids is 1. The van der Waals surface area contributed by atoms with Crippen molar-refractivity contribution in [1.29, 1.82) is 0 Å². The van der Waals surface area contributed by atoms with E-state index in [9.17, 15) is 14.4 Å². The van der Waals surface area contributed by atoms with Crippen LogP contribution in [0.2, 0.25) is 0 Å². The number of rotatable bonds is 13. The maximum Gasteiger partial charge on any atom is 0.335 e. The van der Waals surface area contributed by atoms with Crippen LogP contribution in [0.15, 0.2) is 65.6 Å². The van der Waals surface area contributed by atoms with Crippen LogP contribution in [-0.4, -0.2) is 97.2 Å². The molecule has 0 bridgehead atoms. The van der Waals surface area contributed by atoms with Gasteiger partial charge < -0.3 is 29.4 Å². The molecule has 0 aromatic heterocycles. The molecule has 0 spiro atoms. The molecule has 2 amide bonds. The number of carboxylic acid groups (broad SMARTS) is 1. The number of carbonyl (C=O) groups excluding carboxylic acids is 2. The van der Waals surface area contributed by atoms with Crippen molar-refractivity contribution in [2.24, 2.45) is 0 Å². The molecule has 0 radical (unpaired) electrons. The first-order chi connectivity index (χ1) is 22.7. The molecule has 2 aliphatic heterocycles. The van der Waals surface area contributed by atoms with E-state index in [0.717, 1.165) is 30.8 Å². The minimum Gasteiger partial charge on any atom is -0.497 e. The van der Waals surface area contributed by atoms with Crippen molar-refractivity contribution in [2.45, 2.75) is 6.42 Å². The van der Waals surface area contributed by atoms with Gasteiger partial charge in [0.15, 0.2) is 0 Å². The molecule has 0 aliphatic carbocycles. The molecule has 2 N–H and O–H groups in total. The number of ether oxygens (including phenoxy) is 4. The van der Waals surface area contributed by atoms with Gasteiger partial charge in [-0.25, -0.2) is 4.79 Å². The normalized spacial score (nSPS) is 16.0. The van der Waals surface area contributed by atoms with Crippen LogP contribution in [0.25, 0.3) is 17.2 Å². The summed E-state index contributed by atoms with van der Waals surface area (Å²) in [4.78, 5) is 41.3. The number of amides is 2. The fraction of sp³-hybridized carbons (Fsp3) is 0.294. The molecule has 13 heteroatoms. The Morgan fingerprint density at radius 3 is 2.34 bits per heavy atom. The summed E-state index contributed by atoms with van der Waals surface area (Å²) in [5, 5.41) is 11.8. The second kappa shape index (κ2) is 15.9. The lowest BCUT2D eigenvalue weighted by Crippen LogP contribution is -2.38. The Hall–Kier alpha value is -4.43. The Labute approximate surface area is 282 Å². The zero-order valence-electron chi connectivity index (χ0n) is 26.0. The van der Waals surface area contributed by atoms with Gasteiger partial charge in [0, 0.05) is 49.9 Å². The highest BCUT2D eigenvalue weighted by Gasteiger charge is 2.32. The fourth-order valence-corrected chi connectivity index (χ4v) is 6.32. The van der Waals surface area contributed by atoms with E-state index in [1.54, 1.807) is 26.4 Å². The molecule has 0 atom stereocenters. The first-order valence-electron chi connectivity index (χ1n) is 14.9. The van der Waals surface area contributed by atoms with Gasteiger partial charge in [0.2, 0.25) is 5.91 Å². The van der Waals surface area contributed by atoms with Gasteiger partial charge in [-0.3, -0.25) is 19.4 Å². The molecule has 2 aliphatic rings. The van der Waals surface area contributed by atoms with E-state index in [0.29, 0.717) is 57.5 Å². The molecule has 0 saturated carbocycles. The van der Waals surface area contributed by atoms with Crippen molar-refractivity contribution in [2.75, 3.05) is 65.5 Å². The van der Waals surface area contributed by atoms with Crippen molar-refractivity contribution < 1.29 is 38.4 Å². The minimum atomic E-state index is -1.05. The first kappa shape index (κ1) is 33.9. The number of thiocarbonyl (C=S) groups is 1. The number of nitrogens with zero attached hydrogens (tertiary/aromatic N) is 2. The summed E-state index contributed by atoms with van der Waals surface area (Å²) in [6, 6.07) is 17.3. The number of thioether (sulfide) groups is 1. The minimum absolute atomic E-state index is 0.00343. The fourth-order valence-electron chi connectivity index (χ4n) is 5.02. The lowest BCUT2D eigenvalue weighted by Gasteiger charge is -2.26. The van der Waals surface area contributed by atoms with Gasteiger partial charge in [-0.15, -0.1) is 0 Å². The summed E-state index contributed by atoms with van der Waals surface area (Å²) in [7, 11) is 3.19. The zero-order valence-corrected chi connectivity index (χ0v) is 27.7. The van der Waals surface area contributed by atoms with Crippen LogP contribution in [-0.2, 0) is 14.3 Å². The Morgan fingerprint density at radius 2 is 1.68 bits per heavy atom. The molecule has 3 aromatic rings. The largest absolute Gasteiger partial charge is 0.497 e. The van der Waals surface area contributed by atoms with Crippen LogP contribution >= 0.6 is 24.0 Å². The van der Waals surface area contributed by atoms with E-state index in [1.807, 2.05) is 30.3 Å².